The molecule has 6 rings (SSSR count). The van der Waals surface area contributed by atoms with Crippen molar-refractivity contribution >= 4 is 29.6 Å². The Morgan fingerprint density at radius 1 is 1.05 bits per heavy atom. The molecule has 2 N–H and O–H groups in total. The summed E-state index contributed by atoms with van der Waals surface area (Å²) < 4.78 is 19.6. The summed E-state index contributed by atoms with van der Waals surface area (Å²) in [5.74, 6) is -0.771. The fraction of sp³-hybridized carbons (Fsp3) is 0.429. The Balaban J connectivity index is 1.23. The molecule has 9 nitrogen and oxygen atoms in total. The highest BCUT2D eigenvalue weighted by Crippen LogP contribution is 2.46. The van der Waals surface area contributed by atoms with Crippen molar-refractivity contribution in [1.29, 1.82) is 0 Å². The topological polar surface area (TPSA) is 108 Å². The van der Waals surface area contributed by atoms with Crippen LogP contribution in [0.5, 0.6) is 0 Å². The number of urea groups is 1. The van der Waals surface area contributed by atoms with Crippen molar-refractivity contribution in [3.8, 4) is 0 Å². The van der Waals surface area contributed by atoms with Crippen LogP contribution in [0.3, 0.4) is 0 Å². The number of carbonyl (C=O) groups excluding carboxylic acids is 4. The third-order valence-corrected chi connectivity index (χ3v) is 8.24. The highest BCUT2D eigenvalue weighted by Gasteiger charge is 2.58. The van der Waals surface area contributed by atoms with Crippen molar-refractivity contribution in [1.82, 2.24) is 15.1 Å². The van der Waals surface area contributed by atoms with E-state index < -0.39 is 24.1 Å². The number of hydrogen-bond acceptors (Lipinski definition) is 5. The first kappa shape index (κ1) is 24.4. The van der Waals surface area contributed by atoms with Crippen molar-refractivity contribution in [2.45, 2.75) is 56.7 Å². The molecular formula is C28H29FN4O5. The second kappa shape index (κ2) is 9.11. The van der Waals surface area contributed by atoms with E-state index in [0.29, 0.717) is 36.6 Å². The van der Waals surface area contributed by atoms with Gasteiger partial charge in [0.1, 0.15) is 12.4 Å². The summed E-state index contributed by atoms with van der Waals surface area (Å²) in [5.41, 5.74) is 2.27. The number of carbonyl (C=O) groups is 4. The summed E-state index contributed by atoms with van der Waals surface area (Å²) in [5, 5.41) is 5.19. The number of fused-ring (bicyclic) bond motifs is 3. The molecular weight excluding hydrogens is 491 g/mol. The molecule has 2 heterocycles. The van der Waals surface area contributed by atoms with Gasteiger partial charge in [0.25, 0.3) is 5.91 Å². The number of halogens is 1. The van der Waals surface area contributed by atoms with Crippen LogP contribution in [-0.2, 0) is 39.3 Å². The van der Waals surface area contributed by atoms with E-state index in [1.807, 2.05) is 0 Å². The summed E-state index contributed by atoms with van der Waals surface area (Å²) in [6.07, 6.45) is 3.39. The largest absolute Gasteiger partial charge is 0.427 e. The molecule has 2 atom stereocenters. The standard InChI is InChI=1S/C28H29FN4O5/c1-30-26(36)31-21-7-8-22-18(13-21)10-11-28(22)25(35)33(27(37)38-28)15-24(34)32-14-19-4-6-20(29)12-17(19)5-9-23(32)16-2-3-16/h4,6-8,12-13,16,23H,2-3,5,9-11,14-15H2,1H3,(H2,30,31,36)/t23-,28-/m1/s1. The van der Waals surface area contributed by atoms with Gasteiger partial charge in [-0.25, -0.2) is 18.9 Å². The highest BCUT2D eigenvalue weighted by atomic mass is 19.1. The molecule has 2 aliphatic heterocycles. The molecule has 0 aromatic heterocycles. The molecule has 38 heavy (non-hydrogen) atoms. The molecule has 2 fully saturated rings. The molecule has 2 aliphatic carbocycles. The maximum absolute atomic E-state index is 13.9. The zero-order valence-corrected chi connectivity index (χ0v) is 21.1. The number of benzene rings is 2. The van der Waals surface area contributed by atoms with E-state index in [2.05, 4.69) is 10.6 Å². The number of hydrogen-bond donors (Lipinski definition) is 2. The Bertz CT molecular complexity index is 1360. The maximum atomic E-state index is 13.9. The van der Waals surface area contributed by atoms with E-state index in [1.165, 1.54) is 19.2 Å². The number of rotatable bonds is 4. The fourth-order valence-electron chi connectivity index (χ4n) is 6.14. The Morgan fingerprint density at radius 2 is 1.87 bits per heavy atom. The Hall–Kier alpha value is -3.95. The second-order valence-electron chi connectivity index (χ2n) is 10.5. The molecule has 1 saturated carbocycles. The summed E-state index contributed by atoms with van der Waals surface area (Å²) in [7, 11) is 1.52. The summed E-state index contributed by atoms with van der Waals surface area (Å²) in [4.78, 5) is 54.6. The lowest BCUT2D eigenvalue weighted by molar-refractivity contribution is -0.143. The van der Waals surface area contributed by atoms with Gasteiger partial charge in [0.05, 0.1) is 0 Å². The first-order chi connectivity index (χ1) is 18.3. The molecule has 10 heteroatoms. The molecule has 0 unspecified atom stereocenters. The van der Waals surface area contributed by atoms with Gasteiger partial charge in [-0.3, -0.25) is 9.59 Å². The Kier molecular flexibility index (Phi) is 5.85. The van der Waals surface area contributed by atoms with Gasteiger partial charge in [-0.15, -0.1) is 0 Å². The van der Waals surface area contributed by atoms with Gasteiger partial charge in [0, 0.05) is 37.3 Å². The number of anilines is 1. The van der Waals surface area contributed by atoms with Gasteiger partial charge in [-0.05, 0) is 79.0 Å². The van der Waals surface area contributed by atoms with Gasteiger partial charge < -0.3 is 20.3 Å². The normalized spacial score (nSPS) is 24.1. The third kappa shape index (κ3) is 4.08. The van der Waals surface area contributed by atoms with Gasteiger partial charge in [-0.2, -0.15) is 0 Å². The lowest BCUT2D eigenvalue weighted by Crippen LogP contribution is -2.48. The van der Waals surface area contributed by atoms with Crippen molar-refractivity contribution in [3.63, 3.8) is 0 Å². The monoisotopic (exact) mass is 520 g/mol. The van der Waals surface area contributed by atoms with Crippen molar-refractivity contribution in [3.05, 3.63) is 64.5 Å². The van der Waals surface area contributed by atoms with Crippen LogP contribution in [0.2, 0.25) is 0 Å². The SMILES string of the molecule is CNC(=O)Nc1ccc2c(c1)CC[C@@]21OC(=O)N(CC(=O)N2Cc3ccc(F)cc3CC[C@@H]2C2CC2)C1=O. The van der Waals surface area contributed by atoms with Crippen LogP contribution in [0, 0.1) is 11.7 Å². The molecule has 4 aliphatic rings. The molecule has 1 spiro atoms. The van der Waals surface area contributed by atoms with Crippen LogP contribution in [0.15, 0.2) is 36.4 Å². The van der Waals surface area contributed by atoms with E-state index in [4.69, 9.17) is 4.74 Å². The van der Waals surface area contributed by atoms with Crippen LogP contribution in [0.1, 0.15) is 47.9 Å². The van der Waals surface area contributed by atoms with E-state index in [0.717, 1.165) is 40.9 Å². The second-order valence-corrected chi connectivity index (χ2v) is 10.5. The average molecular weight is 521 g/mol. The van der Waals surface area contributed by atoms with Crippen molar-refractivity contribution in [2.24, 2.45) is 5.92 Å². The van der Waals surface area contributed by atoms with Crippen molar-refractivity contribution < 1.29 is 28.3 Å². The first-order valence-corrected chi connectivity index (χ1v) is 13.0. The smallest absolute Gasteiger partial charge is 0.418 e. The van der Waals surface area contributed by atoms with Gasteiger partial charge in [0.15, 0.2) is 0 Å². The number of nitrogens with zero attached hydrogens (tertiary/aromatic N) is 2. The number of aryl methyl sites for hydroxylation is 2. The zero-order valence-electron chi connectivity index (χ0n) is 21.1. The van der Waals surface area contributed by atoms with Gasteiger partial charge >= 0.3 is 12.1 Å². The van der Waals surface area contributed by atoms with Crippen LogP contribution in [-0.4, -0.2) is 53.4 Å². The van der Waals surface area contributed by atoms with E-state index in [-0.39, 0.29) is 30.2 Å². The van der Waals surface area contributed by atoms with E-state index in [1.54, 1.807) is 29.2 Å². The number of ether oxygens (including phenoxy) is 1. The molecule has 2 aromatic carbocycles. The van der Waals surface area contributed by atoms with Gasteiger partial charge in [-0.1, -0.05) is 12.1 Å². The van der Waals surface area contributed by atoms with E-state index in [9.17, 15) is 23.6 Å². The molecule has 1 saturated heterocycles. The number of imide groups is 1. The van der Waals surface area contributed by atoms with E-state index >= 15 is 0 Å². The summed E-state index contributed by atoms with van der Waals surface area (Å²) in [6, 6.07) is 9.39. The minimum atomic E-state index is -1.46. The lowest BCUT2D eigenvalue weighted by Gasteiger charge is -2.31. The fourth-order valence-corrected chi connectivity index (χ4v) is 6.14. The molecule has 5 amide bonds. The molecule has 0 bridgehead atoms. The summed E-state index contributed by atoms with van der Waals surface area (Å²) in [6.45, 7) is -0.0768. The predicted molar refractivity (Wildman–Crippen MR) is 134 cm³/mol. The number of amides is 5. The quantitative estimate of drug-likeness (QED) is 0.642. The minimum Gasteiger partial charge on any atom is -0.427 e. The predicted octanol–water partition coefficient (Wildman–Crippen LogP) is 3.45. The Labute approximate surface area is 219 Å². The average Bonchev–Trinajstić information content (AvgIpc) is 3.66. The van der Waals surface area contributed by atoms with Crippen molar-refractivity contribution in [2.75, 3.05) is 18.9 Å². The van der Waals surface area contributed by atoms with Crippen LogP contribution < -0.4 is 10.6 Å². The van der Waals surface area contributed by atoms with Crippen LogP contribution in [0.25, 0.3) is 0 Å². The molecule has 0 radical (unpaired) electrons. The molecule has 2 aromatic rings. The zero-order chi connectivity index (χ0) is 26.6. The minimum absolute atomic E-state index is 0.0147. The van der Waals surface area contributed by atoms with Crippen LogP contribution >= 0.6 is 0 Å². The summed E-state index contributed by atoms with van der Waals surface area (Å²) >= 11 is 0. The third-order valence-electron chi connectivity index (χ3n) is 8.24. The highest BCUT2D eigenvalue weighted by molar-refractivity contribution is 6.06. The lowest BCUT2D eigenvalue weighted by atomic mass is 9.94. The Morgan fingerprint density at radius 3 is 2.63 bits per heavy atom. The molecule has 198 valence electrons. The number of nitrogens with one attached hydrogen (secondary N) is 2. The van der Waals surface area contributed by atoms with Gasteiger partial charge in [0.2, 0.25) is 11.5 Å². The first-order valence-electron chi connectivity index (χ1n) is 13.0. The maximum Gasteiger partial charge on any atom is 0.418 e. The van der Waals surface area contributed by atoms with Crippen LogP contribution in [0.4, 0.5) is 19.7 Å².